The van der Waals surface area contributed by atoms with Gasteiger partial charge in [0.05, 0.1) is 19.1 Å². The Morgan fingerprint density at radius 1 is 1.29 bits per heavy atom. The highest BCUT2D eigenvalue weighted by atomic mass is 16.6. The summed E-state index contributed by atoms with van der Waals surface area (Å²) in [5, 5.41) is 13.9. The number of nitrogens with one attached hydrogen (secondary N) is 1. The molecule has 1 saturated heterocycles. The summed E-state index contributed by atoms with van der Waals surface area (Å²) in [4.78, 5) is 28.7. The Hall–Kier alpha value is -3.03. The Balaban J connectivity index is 1.60. The summed E-state index contributed by atoms with van der Waals surface area (Å²) in [5.41, 5.74) is -0.503. The van der Waals surface area contributed by atoms with Crippen LogP contribution < -0.4 is 10.1 Å². The molecule has 0 bridgehead atoms. The molecule has 1 aliphatic rings. The van der Waals surface area contributed by atoms with E-state index in [1.165, 1.54) is 0 Å². The van der Waals surface area contributed by atoms with E-state index >= 15 is 0 Å². The number of aromatic nitrogens is 1. The average molecular weight is 387 g/mol. The molecule has 1 aliphatic heterocycles. The normalized spacial score (nSPS) is 14.5. The second kappa shape index (κ2) is 7.92. The van der Waals surface area contributed by atoms with E-state index in [2.05, 4.69) is 10.3 Å². The van der Waals surface area contributed by atoms with Crippen molar-refractivity contribution in [2.24, 2.45) is 0 Å². The van der Waals surface area contributed by atoms with Crippen LogP contribution in [0.5, 0.6) is 5.75 Å². The third kappa shape index (κ3) is 5.03. The van der Waals surface area contributed by atoms with Gasteiger partial charge in [-0.05, 0) is 50.4 Å². The second-order valence-corrected chi connectivity index (χ2v) is 7.76. The molecule has 0 unspecified atom stereocenters. The number of fused-ring (bicyclic) bond motifs is 1. The van der Waals surface area contributed by atoms with Crippen molar-refractivity contribution >= 4 is 28.7 Å². The number of likely N-dealkylation sites (tertiary alicyclic amines) is 1. The van der Waals surface area contributed by atoms with E-state index in [-0.39, 0.29) is 25.2 Å². The number of hydrogen-bond acceptors (Lipinski definition) is 6. The molecule has 1 fully saturated rings. The zero-order chi connectivity index (χ0) is 20.3. The second-order valence-electron chi connectivity index (χ2n) is 7.76. The molecule has 3 rings (SSSR count). The number of anilines is 1. The third-order valence-corrected chi connectivity index (χ3v) is 4.19. The number of benzene rings is 1. The first kappa shape index (κ1) is 19.7. The Morgan fingerprint density at radius 2 is 2.04 bits per heavy atom. The molecular formula is C20H25N3O5. The summed E-state index contributed by atoms with van der Waals surface area (Å²) in [6.07, 6.45) is 1.35. The van der Waals surface area contributed by atoms with Crippen molar-refractivity contribution in [1.82, 2.24) is 9.88 Å². The maximum atomic E-state index is 12.0. The Bertz CT molecular complexity index is 872. The van der Waals surface area contributed by atoms with Crippen LogP contribution >= 0.6 is 0 Å². The number of carboxylic acid groups (broad SMARTS) is 1. The van der Waals surface area contributed by atoms with Gasteiger partial charge >= 0.3 is 12.1 Å². The summed E-state index contributed by atoms with van der Waals surface area (Å²) < 4.78 is 10.8. The Labute approximate surface area is 163 Å². The van der Waals surface area contributed by atoms with Crippen LogP contribution in [0.1, 0.15) is 27.2 Å². The van der Waals surface area contributed by atoms with Crippen molar-refractivity contribution in [3.63, 3.8) is 0 Å². The standard InChI is InChI=1S/C20H25N3O5/c1-20(2,3)28-19(26)23-11-14(12-23)22-18-16-5-4-15(27-9-7-17(24)25)10-13(16)6-8-21-18/h4-6,8,10,14H,7,9,11-12H2,1-3H3,(H,21,22)(H,24,25). The average Bonchev–Trinajstić information content (AvgIpc) is 2.55. The van der Waals surface area contributed by atoms with E-state index < -0.39 is 11.6 Å². The summed E-state index contributed by atoms with van der Waals surface area (Å²) >= 11 is 0. The lowest BCUT2D eigenvalue weighted by molar-refractivity contribution is -0.137. The van der Waals surface area contributed by atoms with Gasteiger partial charge in [0, 0.05) is 24.7 Å². The number of carboxylic acids is 1. The number of amides is 1. The lowest BCUT2D eigenvalue weighted by atomic mass is 10.1. The quantitative estimate of drug-likeness (QED) is 0.785. The van der Waals surface area contributed by atoms with Gasteiger partial charge in [-0.1, -0.05) is 0 Å². The van der Waals surface area contributed by atoms with E-state index in [9.17, 15) is 9.59 Å². The molecule has 150 valence electrons. The molecule has 0 spiro atoms. The predicted molar refractivity (Wildman–Crippen MR) is 105 cm³/mol. The van der Waals surface area contributed by atoms with Crippen LogP contribution in [-0.2, 0) is 9.53 Å². The van der Waals surface area contributed by atoms with E-state index in [1.807, 2.05) is 39.0 Å². The van der Waals surface area contributed by atoms with E-state index in [1.54, 1.807) is 17.2 Å². The highest BCUT2D eigenvalue weighted by Crippen LogP contribution is 2.27. The number of pyridine rings is 1. The molecule has 28 heavy (non-hydrogen) atoms. The van der Waals surface area contributed by atoms with Gasteiger partial charge in [0.15, 0.2) is 0 Å². The van der Waals surface area contributed by atoms with Crippen molar-refractivity contribution in [1.29, 1.82) is 0 Å². The highest BCUT2D eigenvalue weighted by Gasteiger charge is 2.34. The number of carbonyl (C=O) groups is 2. The molecule has 8 nitrogen and oxygen atoms in total. The predicted octanol–water partition coefficient (Wildman–Crippen LogP) is 3.12. The molecule has 8 heteroatoms. The summed E-state index contributed by atoms with van der Waals surface area (Å²) in [6, 6.07) is 7.53. The molecule has 2 aromatic rings. The van der Waals surface area contributed by atoms with Gasteiger partial charge in [-0.2, -0.15) is 0 Å². The van der Waals surface area contributed by atoms with Gasteiger partial charge < -0.3 is 24.8 Å². The third-order valence-electron chi connectivity index (χ3n) is 4.19. The molecule has 0 radical (unpaired) electrons. The van der Waals surface area contributed by atoms with Gasteiger partial charge in [-0.15, -0.1) is 0 Å². The first-order valence-corrected chi connectivity index (χ1v) is 9.19. The summed E-state index contributed by atoms with van der Waals surface area (Å²) in [5.74, 6) is 0.464. The maximum Gasteiger partial charge on any atom is 0.410 e. The molecule has 0 aliphatic carbocycles. The minimum atomic E-state index is -0.891. The Kier molecular flexibility index (Phi) is 5.58. The molecule has 0 atom stereocenters. The molecule has 1 amide bonds. The van der Waals surface area contributed by atoms with E-state index in [0.29, 0.717) is 18.8 Å². The van der Waals surface area contributed by atoms with Crippen molar-refractivity contribution in [3.8, 4) is 5.75 Å². The molecule has 2 heterocycles. The zero-order valence-corrected chi connectivity index (χ0v) is 16.3. The Morgan fingerprint density at radius 3 is 2.71 bits per heavy atom. The monoisotopic (exact) mass is 387 g/mol. The van der Waals surface area contributed by atoms with Crippen LogP contribution in [-0.4, -0.2) is 58.4 Å². The van der Waals surface area contributed by atoms with Crippen molar-refractivity contribution < 1.29 is 24.2 Å². The SMILES string of the molecule is CC(C)(C)OC(=O)N1CC(Nc2nccc3cc(OCCC(=O)O)ccc23)C1. The number of hydrogen-bond donors (Lipinski definition) is 2. The molecular weight excluding hydrogens is 362 g/mol. The largest absolute Gasteiger partial charge is 0.493 e. The molecule has 2 N–H and O–H groups in total. The first-order chi connectivity index (χ1) is 13.2. The number of nitrogens with zero attached hydrogens (tertiary/aromatic N) is 2. The van der Waals surface area contributed by atoms with Gasteiger partial charge in [0.2, 0.25) is 0 Å². The van der Waals surface area contributed by atoms with Gasteiger partial charge in [0.1, 0.15) is 17.2 Å². The number of rotatable bonds is 6. The summed E-state index contributed by atoms with van der Waals surface area (Å²) in [6.45, 7) is 6.78. The minimum Gasteiger partial charge on any atom is -0.493 e. The van der Waals surface area contributed by atoms with Crippen molar-refractivity contribution in [2.45, 2.75) is 38.8 Å². The maximum absolute atomic E-state index is 12.0. The fourth-order valence-corrected chi connectivity index (χ4v) is 2.86. The number of aliphatic carboxylic acids is 1. The zero-order valence-electron chi connectivity index (χ0n) is 16.3. The van der Waals surface area contributed by atoms with E-state index in [0.717, 1.165) is 16.6 Å². The van der Waals surface area contributed by atoms with Crippen molar-refractivity contribution in [3.05, 3.63) is 30.5 Å². The molecule has 1 aromatic heterocycles. The lowest BCUT2D eigenvalue weighted by Gasteiger charge is -2.40. The van der Waals surface area contributed by atoms with Gasteiger partial charge in [0.25, 0.3) is 0 Å². The van der Waals surface area contributed by atoms with Crippen LogP contribution in [0.25, 0.3) is 10.8 Å². The van der Waals surface area contributed by atoms with Crippen LogP contribution in [0, 0.1) is 0 Å². The summed E-state index contributed by atoms with van der Waals surface area (Å²) in [7, 11) is 0. The van der Waals surface area contributed by atoms with Crippen LogP contribution in [0.4, 0.5) is 10.6 Å². The van der Waals surface area contributed by atoms with Crippen LogP contribution in [0.15, 0.2) is 30.5 Å². The molecule has 1 aromatic carbocycles. The van der Waals surface area contributed by atoms with Crippen molar-refractivity contribution in [2.75, 3.05) is 25.0 Å². The van der Waals surface area contributed by atoms with E-state index in [4.69, 9.17) is 14.6 Å². The fraction of sp³-hybridized carbons (Fsp3) is 0.450. The molecule has 0 saturated carbocycles. The topological polar surface area (TPSA) is 101 Å². The minimum absolute atomic E-state index is 0.0446. The van der Waals surface area contributed by atoms with Crippen LogP contribution in [0.2, 0.25) is 0 Å². The van der Waals surface area contributed by atoms with Crippen LogP contribution in [0.3, 0.4) is 0 Å². The van der Waals surface area contributed by atoms with Gasteiger partial charge in [-0.25, -0.2) is 9.78 Å². The highest BCUT2D eigenvalue weighted by molar-refractivity contribution is 5.92. The smallest absolute Gasteiger partial charge is 0.410 e. The first-order valence-electron chi connectivity index (χ1n) is 9.19. The number of ether oxygens (including phenoxy) is 2. The lowest BCUT2D eigenvalue weighted by Crippen LogP contribution is -2.58. The fourth-order valence-electron chi connectivity index (χ4n) is 2.86. The number of carbonyl (C=O) groups excluding carboxylic acids is 1. The van der Waals surface area contributed by atoms with Gasteiger partial charge in [-0.3, -0.25) is 4.79 Å².